The van der Waals surface area contributed by atoms with Crippen molar-refractivity contribution in [2.45, 2.75) is 6.42 Å². The van der Waals surface area contributed by atoms with Crippen LogP contribution in [0.4, 0.5) is 0 Å². The van der Waals surface area contributed by atoms with E-state index >= 15 is 0 Å². The second kappa shape index (κ2) is 5.01. The zero-order valence-electron chi connectivity index (χ0n) is 11.5. The van der Waals surface area contributed by atoms with E-state index in [1.54, 1.807) is 0 Å². The van der Waals surface area contributed by atoms with Crippen LogP contribution in [0.5, 0.6) is 0 Å². The molecule has 0 bridgehead atoms. The quantitative estimate of drug-likeness (QED) is 0.781. The lowest BCUT2D eigenvalue weighted by atomic mass is 10.2. The van der Waals surface area contributed by atoms with Gasteiger partial charge in [-0.15, -0.1) is 0 Å². The van der Waals surface area contributed by atoms with Gasteiger partial charge in [-0.25, -0.2) is 9.97 Å². The van der Waals surface area contributed by atoms with Crippen molar-refractivity contribution in [3.63, 3.8) is 0 Å². The van der Waals surface area contributed by atoms with Gasteiger partial charge in [0.2, 0.25) is 0 Å². The van der Waals surface area contributed by atoms with Crippen LogP contribution in [0.15, 0.2) is 53.9 Å². The predicted molar refractivity (Wildman–Crippen MR) is 82.9 cm³/mol. The standard InChI is InChI=1S/C16H15N5/c1-2-5-14-13(4-1)20-11-21(14)15-7-6-12(10-19-15)16-17-8-3-9-18-16/h1-2,4-7,10-11H,3,8-9H2,(H,17,18). The Morgan fingerprint density at radius 1 is 1.05 bits per heavy atom. The first-order chi connectivity index (χ1) is 10.4. The van der Waals surface area contributed by atoms with Crippen molar-refractivity contribution < 1.29 is 0 Å². The lowest BCUT2D eigenvalue weighted by Gasteiger charge is -2.14. The molecule has 0 spiro atoms. The van der Waals surface area contributed by atoms with E-state index < -0.39 is 0 Å². The number of pyridine rings is 1. The number of hydrogen-bond acceptors (Lipinski definition) is 4. The lowest BCUT2D eigenvalue weighted by Crippen LogP contribution is -2.30. The fourth-order valence-electron chi connectivity index (χ4n) is 2.54. The zero-order chi connectivity index (χ0) is 14.1. The molecule has 0 unspecified atom stereocenters. The molecule has 0 aliphatic carbocycles. The van der Waals surface area contributed by atoms with Gasteiger partial charge in [0.1, 0.15) is 18.0 Å². The Hall–Kier alpha value is -2.69. The molecule has 1 aromatic carbocycles. The van der Waals surface area contributed by atoms with Crippen LogP contribution in [0.25, 0.3) is 16.9 Å². The highest BCUT2D eigenvalue weighted by molar-refractivity contribution is 5.98. The van der Waals surface area contributed by atoms with Gasteiger partial charge in [0.05, 0.1) is 11.0 Å². The number of imidazole rings is 1. The van der Waals surface area contributed by atoms with Crippen molar-refractivity contribution in [2.75, 3.05) is 13.1 Å². The molecule has 0 amide bonds. The smallest absolute Gasteiger partial charge is 0.138 e. The summed E-state index contributed by atoms with van der Waals surface area (Å²) in [5.41, 5.74) is 3.07. The Labute approximate surface area is 122 Å². The van der Waals surface area contributed by atoms with Crippen LogP contribution in [-0.4, -0.2) is 33.5 Å². The van der Waals surface area contributed by atoms with Crippen molar-refractivity contribution in [1.29, 1.82) is 0 Å². The van der Waals surface area contributed by atoms with Crippen LogP contribution in [0.1, 0.15) is 12.0 Å². The molecule has 0 saturated heterocycles. The number of amidine groups is 1. The molecule has 0 fully saturated rings. The summed E-state index contributed by atoms with van der Waals surface area (Å²) in [6, 6.07) is 12.1. The van der Waals surface area contributed by atoms with E-state index in [2.05, 4.69) is 20.3 Å². The highest BCUT2D eigenvalue weighted by Crippen LogP contribution is 2.16. The molecule has 5 nitrogen and oxygen atoms in total. The average Bonchev–Trinajstić information content (AvgIpc) is 3.00. The van der Waals surface area contributed by atoms with E-state index in [0.717, 1.165) is 47.8 Å². The molecule has 1 N–H and O–H groups in total. The molecule has 3 aromatic rings. The molecular weight excluding hydrogens is 262 g/mol. The number of benzene rings is 1. The molecule has 1 aliphatic rings. The number of nitrogens with one attached hydrogen (secondary N) is 1. The summed E-state index contributed by atoms with van der Waals surface area (Å²) in [4.78, 5) is 13.4. The molecule has 2 aromatic heterocycles. The third kappa shape index (κ3) is 2.16. The normalized spacial score (nSPS) is 14.8. The molecule has 5 heteroatoms. The summed E-state index contributed by atoms with van der Waals surface area (Å²) in [5.74, 6) is 1.81. The fraction of sp³-hybridized carbons (Fsp3) is 0.188. The maximum atomic E-state index is 4.55. The van der Waals surface area contributed by atoms with E-state index in [4.69, 9.17) is 0 Å². The largest absolute Gasteiger partial charge is 0.370 e. The van der Waals surface area contributed by atoms with Gasteiger partial charge in [-0.1, -0.05) is 12.1 Å². The Balaban J connectivity index is 1.72. The Kier molecular flexibility index (Phi) is 2.88. The summed E-state index contributed by atoms with van der Waals surface area (Å²) in [6.07, 6.45) is 4.76. The SMILES string of the molecule is c1ccc2c(c1)ncn2-c1ccc(C2=NCCCN2)cn1. The number of hydrogen-bond donors (Lipinski definition) is 1. The van der Waals surface area contributed by atoms with Crippen molar-refractivity contribution in [3.8, 4) is 5.82 Å². The van der Waals surface area contributed by atoms with Gasteiger partial charge in [-0.3, -0.25) is 9.56 Å². The average molecular weight is 277 g/mol. The number of aliphatic imine (C=N–C) groups is 1. The first-order valence-corrected chi connectivity index (χ1v) is 7.09. The minimum Gasteiger partial charge on any atom is -0.370 e. The Morgan fingerprint density at radius 3 is 2.81 bits per heavy atom. The number of rotatable bonds is 2. The third-order valence-electron chi connectivity index (χ3n) is 3.62. The summed E-state index contributed by atoms with van der Waals surface area (Å²) < 4.78 is 2.00. The number of para-hydroxylation sites is 2. The Bertz CT molecular complexity index is 801. The summed E-state index contributed by atoms with van der Waals surface area (Å²) >= 11 is 0. The predicted octanol–water partition coefficient (Wildman–Crippen LogP) is 2.16. The molecule has 3 heterocycles. The second-order valence-electron chi connectivity index (χ2n) is 5.02. The van der Waals surface area contributed by atoms with Gasteiger partial charge in [-0.05, 0) is 30.7 Å². The lowest BCUT2D eigenvalue weighted by molar-refractivity contribution is 0.742. The number of fused-ring (bicyclic) bond motifs is 1. The summed E-state index contributed by atoms with van der Waals surface area (Å²) in [5, 5.41) is 3.31. The summed E-state index contributed by atoms with van der Waals surface area (Å²) in [7, 11) is 0. The number of nitrogens with zero attached hydrogens (tertiary/aromatic N) is 4. The van der Waals surface area contributed by atoms with Crippen molar-refractivity contribution in [1.82, 2.24) is 19.9 Å². The topological polar surface area (TPSA) is 55.1 Å². The van der Waals surface area contributed by atoms with Crippen molar-refractivity contribution in [3.05, 3.63) is 54.5 Å². The Morgan fingerprint density at radius 2 is 2.00 bits per heavy atom. The molecule has 0 radical (unpaired) electrons. The van der Waals surface area contributed by atoms with E-state index in [1.165, 1.54) is 0 Å². The van der Waals surface area contributed by atoms with Crippen LogP contribution < -0.4 is 5.32 Å². The molecule has 0 saturated carbocycles. The van der Waals surface area contributed by atoms with Crippen molar-refractivity contribution >= 4 is 16.9 Å². The maximum Gasteiger partial charge on any atom is 0.138 e. The highest BCUT2D eigenvalue weighted by Gasteiger charge is 2.09. The molecule has 0 atom stereocenters. The van der Waals surface area contributed by atoms with Gasteiger partial charge in [0.25, 0.3) is 0 Å². The van der Waals surface area contributed by atoms with Gasteiger partial charge in [0, 0.05) is 24.8 Å². The first kappa shape index (κ1) is 12.1. The van der Waals surface area contributed by atoms with Gasteiger partial charge >= 0.3 is 0 Å². The van der Waals surface area contributed by atoms with E-state index in [1.807, 2.05) is 53.5 Å². The van der Waals surface area contributed by atoms with Crippen LogP contribution >= 0.6 is 0 Å². The molecule has 4 rings (SSSR count). The van der Waals surface area contributed by atoms with E-state index in [9.17, 15) is 0 Å². The zero-order valence-corrected chi connectivity index (χ0v) is 11.5. The summed E-state index contributed by atoms with van der Waals surface area (Å²) in [6.45, 7) is 1.86. The van der Waals surface area contributed by atoms with Crippen molar-refractivity contribution in [2.24, 2.45) is 4.99 Å². The van der Waals surface area contributed by atoms with Gasteiger partial charge in [-0.2, -0.15) is 0 Å². The van der Waals surface area contributed by atoms with Crippen LogP contribution in [0.3, 0.4) is 0 Å². The van der Waals surface area contributed by atoms with E-state index in [0.29, 0.717) is 0 Å². The maximum absolute atomic E-state index is 4.55. The third-order valence-corrected chi connectivity index (χ3v) is 3.62. The second-order valence-corrected chi connectivity index (χ2v) is 5.02. The fourth-order valence-corrected chi connectivity index (χ4v) is 2.54. The van der Waals surface area contributed by atoms with E-state index in [-0.39, 0.29) is 0 Å². The first-order valence-electron chi connectivity index (χ1n) is 7.09. The molecule has 104 valence electrons. The van der Waals surface area contributed by atoms with Crippen LogP contribution in [-0.2, 0) is 0 Å². The van der Waals surface area contributed by atoms with Crippen LogP contribution in [0, 0.1) is 0 Å². The van der Waals surface area contributed by atoms with Gasteiger partial charge < -0.3 is 5.32 Å². The monoisotopic (exact) mass is 277 g/mol. The minimum absolute atomic E-state index is 0.865. The molecule has 1 aliphatic heterocycles. The molecule has 21 heavy (non-hydrogen) atoms. The number of aromatic nitrogens is 3. The molecular formula is C16H15N5. The van der Waals surface area contributed by atoms with Crippen LogP contribution in [0.2, 0.25) is 0 Å². The highest BCUT2D eigenvalue weighted by atomic mass is 15.1. The van der Waals surface area contributed by atoms with Gasteiger partial charge in [0.15, 0.2) is 0 Å². The minimum atomic E-state index is 0.865.